The number of amides is 1. The highest BCUT2D eigenvalue weighted by molar-refractivity contribution is 7.99. The molecule has 0 aliphatic carbocycles. The minimum atomic E-state index is -2.98. The van der Waals surface area contributed by atoms with Gasteiger partial charge < -0.3 is 10.1 Å². The molecule has 32 heavy (non-hydrogen) atoms. The minimum Gasteiger partial charge on any atom is -0.433 e. The van der Waals surface area contributed by atoms with Crippen LogP contribution in [0.4, 0.5) is 14.5 Å². The number of anilines is 1. The molecule has 0 atom stereocenters. The molecule has 4 rings (SSSR count). The summed E-state index contributed by atoms with van der Waals surface area (Å²) < 4.78 is 31.6. The van der Waals surface area contributed by atoms with Gasteiger partial charge in [-0.3, -0.25) is 9.36 Å². The maximum absolute atomic E-state index is 12.6. The number of hydrogen-bond acceptors (Lipinski definition) is 6. The number of ether oxygens (including phenoxy) is 1. The predicted octanol–water partition coefficient (Wildman–Crippen LogP) is 5.25. The van der Waals surface area contributed by atoms with Crippen molar-refractivity contribution in [2.45, 2.75) is 18.2 Å². The first-order valence-corrected chi connectivity index (χ1v) is 11.5. The Labute approximate surface area is 191 Å². The molecule has 2 heterocycles. The van der Waals surface area contributed by atoms with E-state index < -0.39 is 6.61 Å². The van der Waals surface area contributed by atoms with Crippen LogP contribution in [-0.4, -0.2) is 33.0 Å². The van der Waals surface area contributed by atoms with Crippen LogP contribution in [0.2, 0.25) is 0 Å². The number of thiophene rings is 1. The molecule has 0 fully saturated rings. The van der Waals surface area contributed by atoms with Gasteiger partial charge in [0.15, 0.2) is 5.16 Å². The summed E-state index contributed by atoms with van der Waals surface area (Å²) in [5.41, 5.74) is 1.07. The van der Waals surface area contributed by atoms with Crippen LogP contribution in [0, 0.1) is 0 Å². The lowest BCUT2D eigenvalue weighted by Crippen LogP contribution is -2.16. The maximum Gasteiger partial charge on any atom is 0.387 e. The Morgan fingerprint density at radius 1 is 1.06 bits per heavy atom. The molecular weight excluding hydrogens is 454 g/mol. The van der Waals surface area contributed by atoms with Crippen molar-refractivity contribution in [3.8, 4) is 11.4 Å². The predicted molar refractivity (Wildman–Crippen MR) is 121 cm³/mol. The third-order valence-corrected chi connectivity index (χ3v) is 6.14. The van der Waals surface area contributed by atoms with Gasteiger partial charge >= 0.3 is 6.61 Å². The summed E-state index contributed by atoms with van der Waals surface area (Å²) in [7, 11) is 0. The summed E-state index contributed by atoms with van der Waals surface area (Å²) in [5, 5.41) is 13.8. The Morgan fingerprint density at radius 2 is 1.84 bits per heavy atom. The number of nitrogens with one attached hydrogen (secondary N) is 1. The third-order valence-electron chi connectivity index (χ3n) is 4.34. The molecular formula is C22H18F2N4O2S2. The summed E-state index contributed by atoms with van der Waals surface area (Å²) in [6.07, 6.45) is 0.616. The first-order valence-electron chi connectivity index (χ1n) is 9.59. The van der Waals surface area contributed by atoms with E-state index in [4.69, 9.17) is 0 Å². The summed E-state index contributed by atoms with van der Waals surface area (Å²) in [6, 6.07) is 19.7. The number of nitrogens with zero attached hydrogens (tertiary/aromatic N) is 3. The highest BCUT2D eigenvalue weighted by Gasteiger charge is 2.17. The zero-order valence-corrected chi connectivity index (χ0v) is 18.3. The lowest BCUT2D eigenvalue weighted by Gasteiger charge is -2.12. The fraction of sp³-hybridized carbons (Fsp3) is 0.136. The molecule has 0 spiro atoms. The summed E-state index contributed by atoms with van der Waals surface area (Å²) >= 11 is 2.85. The van der Waals surface area contributed by atoms with Crippen LogP contribution in [0.5, 0.6) is 5.75 Å². The summed E-state index contributed by atoms with van der Waals surface area (Å²) in [6.45, 7) is -2.98. The molecule has 4 aromatic rings. The van der Waals surface area contributed by atoms with Crippen LogP contribution in [0.25, 0.3) is 5.69 Å². The third kappa shape index (κ3) is 5.51. The van der Waals surface area contributed by atoms with Crippen LogP contribution in [-0.2, 0) is 11.2 Å². The number of aromatic nitrogens is 3. The summed E-state index contributed by atoms with van der Waals surface area (Å²) in [5.74, 6) is 0.319. The van der Waals surface area contributed by atoms with Crippen molar-refractivity contribution in [1.82, 2.24) is 14.8 Å². The number of benzene rings is 2. The first kappa shape index (κ1) is 22.0. The van der Waals surface area contributed by atoms with Crippen molar-refractivity contribution < 1.29 is 18.3 Å². The highest BCUT2D eigenvalue weighted by atomic mass is 32.2. The zero-order valence-electron chi connectivity index (χ0n) is 16.7. The Bertz CT molecular complexity index is 1170. The number of alkyl halides is 2. The number of rotatable bonds is 9. The summed E-state index contributed by atoms with van der Waals surface area (Å²) in [4.78, 5) is 13.7. The van der Waals surface area contributed by atoms with E-state index in [9.17, 15) is 13.6 Å². The Balaban J connectivity index is 1.50. The smallest absolute Gasteiger partial charge is 0.387 e. The quantitative estimate of drug-likeness (QED) is 0.337. The first-order chi connectivity index (χ1) is 15.6. The number of thioether (sulfide) groups is 1. The van der Waals surface area contributed by atoms with Gasteiger partial charge in [-0.1, -0.05) is 48.2 Å². The van der Waals surface area contributed by atoms with E-state index in [2.05, 4.69) is 20.3 Å². The van der Waals surface area contributed by atoms with Gasteiger partial charge in [0.1, 0.15) is 11.6 Å². The number of para-hydroxylation sites is 3. The van der Waals surface area contributed by atoms with Crippen molar-refractivity contribution in [3.05, 3.63) is 82.8 Å². The van der Waals surface area contributed by atoms with Gasteiger partial charge in [0.25, 0.3) is 0 Å². The standard InChI is InChI=1S/C22H18F2N4O2S2/c23-21(24)30-18-11-5-4-10-17(18)25-20(29)14-32-22-27-26-19(13-16-9-6-12-31-16)28(22)15-7-2-1-3-8-15/h1-12,21H,13-14H2,(H,25,29). The van der Waals surface area contributed by atoms with Gasteiger partial charge in [0.2, 0.25) is 5.91 Å². The van der Waals surface area contributed by atoms with Crippen LogP contribution in [0.1, 0.15) is 10.7 Å². The Morgan fingerprint density at radius 3 is 2.59 bits per heavy atom. The second-order valence-corrected chi connectivity index (χ2v) is 8.51. The average molecular weight is 473 g/mol. The largest absolute Gasteiger partial charge is 0.433 e. The van der Waals surface area contributed by atoms with Gasteiger partial charge in [-0.2, -0.15) is 8.78 Å². The monoisotopic (exact) mass is 472 g/mol. The Hall–Kier alpha value is -3.24. The van der Waals surface area contributed by atoms with Crippen LogP contribution < -0.4 is 10.1 Å². The molecule has 164 valence electrons. The molecule has 2 aromatic carbocycles. The molecule has 6 nitrogen and oxygen atoms in total. The SMILES string of the molecule is O=C(CSc1nnc(Cc2cccs2)n1-c1ccccc1)Nc1ccccc1OC(F)F. The van der Waals surface area contributed by atoms with Crippen LogP contribution in [0.15, 0.2) is 77.3 Å². The molecule has 0 saturated carbocycles. The van der Waals surface area contributed by atoms with E-state index in [-0.39, 0.29) is 23.1 Å². The van der Waals surface area contributed by atoms with Crippen molar-refractivity contribution in [3.63, 3.8) is 0 Å². The van der Waals surface area contributed by atoms with Gasteiger partial charge in [-0.25, -0.2) is 0 Å². The fourth-order valence-corrected chi connectivity index (χ4v) is 4.47. The van der Waals surface area contributed by atoms with E-state index in [1.807, 2.05) is 52.4 Å². The lowest BCUT2D eigenvalue weighted by atomic mass is 10.3. The number of carbonyl (C=O) groups excluding carboxylic acids is 1. The topological polar surface area (TPSA) is 69.0 Å². The number of carbonyl (C=O) groups is 1. The van der Waals surface area contributed by atoms with Gasteiger partial charge in [0, 0.05) is 17.0 Å². The molecule has 0 radical (unpaired) electrons. The van der Waals surface area contributed by atoms with E-state index in [1.54, 1.807) is 23.5 Å². The maximum atomic E-state index is 12.6. The molecule has 0 aliphatic heterocycles. The Kier molecular flexibility index (Phi) is 7.13. The molecule has 0 aliphatic rings. The molecule has 2 aromatic heterocycles. The average Bonchev–Trinajstić information content (AvgIpc) is 3.44. The lowest BCUT2D eigenvalue weighted by molar-refractivity contribution is -0.113. The van der Waals surface area contributed by atoms with Crippen LogP contribution >= 0.6 is 23.1 Å². The van der Waals surface area contributed by atoms with E-state index in [0.717, 1.165) is 16.4 Å². The van der Waals surface area contributed by atoms with E-state index >= 15 is 0 Å². The van der Waals surface area contributed by atoms with E-state index in [0.29, 0.717) is 11.6 Å². The van der Waals surface area contributed by atoms with Crippen LogP contribution in [0.3, 0.4) is 0 Å². The fourth-order valence-electron chi connectivity index (χ4n) is 3.00. The highest BCUT2D eigenvalue weighted by Crippen LogP contribution is 2.27. The zero-order chi connectivity index (χ0) is 22.3. The van der Waals surface area contributed by atoms with Crippen molar-refractivity contribution in [1.29, 1.82) is 0 Å². The van der Waals surface area contributed by atoms with Crippen molar-refractivity contribution in [2.75, 3.05) is 11.1 Å². The van der Waals surface area contributed by atoms with Gasteiger partial charge in [0.05, 0.1) is 11.4 Å². The number of hydrogen-bond donors (Lipinski definition) is 1. The van der Waals surface area contributed by atoms with Gasteiger partial charge in [-0.15, -0.1) is 21.5 Å². The molecule has 1 amide bonds. The number of halogens is 2. The van der Waals surface area contributed by atoms with Gasteiger partial charge in [-0.05, 0) is 35.7 Å². The molecule has 0 saturated heterocycles. The van der Waals surface area contributed by atoms with Crippen molar-refractivity contribution in [2.24, 2.45) is 0 Å². The normalized spacial score (nSPS) is 11.0. The van der Waals surface area contributed by atoms with E-state index in [1.165, 1.54) is 23.9 Å². The molecule has 1 N–H and O–H groups in total. The molecule has 0 unspecified atom stereocenters. The van der Waals surface area contributed by atoms with Crippen molar-refractivity contribution >= 4 is 34.7 Å². The minimum absolute atomic E-state index is 0.0208. The second-order valence-electron chi connectivity index (χ2n) is 6.54. The molecule has 10 heteroatoms. The second kappa shape index (κ2) is 10.4. The molecule has 0 bridgehead atoms.